The zero-order valence-corrected chi connectivity index (χ0v) is 15.9. The first kappa shape index (κ1) is 19.8. The van der Waals surface area contributed by atoms with Gasteiger partial charge in [-0.15, -0.1) is 0 Å². The van der Waals surface area contributed by atoms with Crippen molar-refractivity contribution in [2.24, 2.45) is 0 Å². The fraction of sp³-hybridized carbons (Fsp3) is 0.300. The van der Waals surface area contributed by atoms with Crippen molar-refractivity contribution in [1.82, 2.24) is 10.2 Å². The number of halogens is 1. The summed E-state index contributed by atoms with van der Waals surface area (Å²) in [5.41, 5.74) is 1.82. The van der Waals surface area contributed by atoms with Crippen molar-refractivity contribution >= 4 is 23.4 Å². The molecule has 1 atom stereocenters. The normalized spacial score (nSPS) is 11.5. The van der Waals surface area contributed by atoms with Gasteiger partial charge in [0.15, 0.2) is 6.61 Å². The summed E-state index contributed by atoms with van der Waals surface area (Å²) >= 11 is 6.21. The Balaban J connectivity index is 2.15. The van der Waals surface area contributed by atoms with Gasteiger partial charge < -0.3 is 15.0 Å². The Morgan fingerprint density at radius 2 is 1.92 bits per heavy atom. The lowest BCUT2D eigenvalue weighted by Crippen LogP contribution is -2.48. The van der Waals surface area contributed by atoms with Crippen molar-refractivity contribution in [2.75, 3.05) is 13.7 Å². The quantitative estimate of drug-likeness (QED) is 0.809. The topological polar surface area (TPSA) is 58.6 Å². The van der Waals surface area contributed by atoms with E-state index in [1.54, 1.807) is 26.1 Å². The molecule has 1 N–H and O–H groups in total. The predicted molar refractivity (Wildman–Crippen MR) is 102 cm³/mol. The third kappa shape index (κ3) is 5.23. The van der Waals surface area contributed by atoms with Crippen LogP contribution in [0.1, 0.15) is 18.1 Å². The largest absolute Gasteiger partial charge is 0.484 e. The number of ether oxygens (including phenoxy) is 1. The molecular formula is C20H23ClN2O3. The number of amides is 2. The zero-order valence-electron chi connectivity index (χ0n) is 15.2. The third-order valence-corrected chi connectivity index (χ3v) is 4.43. The Morgan fingerprint density at radius 1 is 1.19 bits per heavy atom. The van der Waals surface area contributed by atoms with Crippen LogP contribution in [0, 0.1) is 6.92 Å². The summed E-state index contributed by atoms with van der Waals surface area (Å²) in [5.74, 6) is 0.0760. The maximum atomic E-state index is 12.8. The predicted octanol–water partition coefficient (Wildman–Crippen LogP) is 3.19. The minimum absolute atomic E-state index is 0.157. The number of hydrogen-bond acceptors (Lipinski definition) is 3. The van der Waals surface area contributed by atoms with Crippen molar-refractivity contribution in [3.05, 3.63) is 64.7 Å². The van der Waals surface area contributed by atoms with Gasteiger partial charge in [-0.05, 0) is 43.2 Å². The Morgan fingerprint density at radius 3 is 2.58 bits per heavy atom. The number of nitrogens with one attached hydrogen (secondary N) is 1. The minimum Gasteiger partial charge on any atom is -0.484 e. The van der Waals surface area contributed by atoms with Crippen LogP contribution < -0.4 is 10.1 Å². The van der Waals surface area contributed by atoms with Gasteiger partial charge in [0.25, 0.3) is 5.91 Å². The first-order chi connectivity index (χ1) is 12.4. The number of nitrogens with zero attached hydrogens (tertiary/aromatic N) is 1. The van der Waals surface area contributed by atoms with E-state index in [1.165, 1.54) is 4.90 Å². The zero-order chi connectivity index (χ0) is 19.1. The Hall–Kier alpha value is -2.53. The van der Waals surface area contributed by atoms with E-state index in [4.69, 9.17) is 16.3 Å². The van der Waals surface area contributed by atoms with Crippen LogP contribution in [0.3, 0.4) is 0 Å². The average Bonchev–Trinajstić information content (AvgIpc) is 2.64. The molecular weight excluding hydrogens is 352 g/mol. The van der Waals surface area contributed by atoms with Crippen LogP contribution in [-0.2, 0) is 16.1 Å². The van der Waals surface area contributed by atoms with E-state index < -0.39 is 6.04 Å². The Labute approximate surface area is 158 Å². The number of aryl methyl sites for hydroxylation is 1. The van der Waals surface area contributed by atoms with Crippen LogP contribution in [0.2, 0.25) is 5.02 Å². The molecule has 0 aliphatic carbocycles. The van der Waals surface area contributed by atoms with Crippen molar-refractivity contribution in [2.45, 2.75) is 26.4 Å². The highest BCUT2D eigenvalue weighted by Gasteiger charge is 2.26. The van der Waals surface area contributed by atoms with Gasteiger partial charge in [-0.25, -0.2) is 0 Å². The van der Waals surface area contributed by atoms with E-state index in [2.05, 4.69) is 5.32 Å². The van der Waals surface area contributed by atoms with Gasteiger partial charge in [0.05, 0.1) is 0 Å². The minimum atomic E-state index is -0.648. The standard InChI is InChI=1S/C20H23ClN2O3/c1-14-7-6-9-17(11-14)26-13-19(24)23(15(2)20(25)22-3)12-16-8-4-5-10-18(16)21/h4-11,15H,12-13H2,1-3H3,(H,22,25)/t15-/m1/s1. The molecule has 2 aromatic carbocycles. The molecule has 0 spiro atoms. The molecule has 0 radical (unpaired) electrons. The summed E-state index contributed by atoms with van der Waals surface area (Å²) in [4.78, 5) is 26.3. The molecule has 2 rings (SSSR count). The summed E-state index contributed by atoms with van der Waals surface area (Å²) < 4.78 is 5.61. The van der Waals surface area contributed by atoms with Gasteiger partial charge in [-0.2, -0.15) is 0 Å². The fourth-order valence-electron chi connectivity index (χ4n) is 2.53. The number of benzene rings is 2. The van der Waals surface area contributed by atoms with Crippen LogP contribution in [0.4, 0.5) is 0 Å². The van der Waals surface area contributed by atoms with Gasteiger partial charge in [-0.1, -0.05) is 41.9 Å². The van der Waals surface area contributed by atoms with Gasteiger partial charge in [-0.3, -0.25) is 9.59 Å². The smallest absolute Gasteiger partial charge is 0.261 e. The Kier molecular flexibility index (Phi) is 7.04. The summed E-state index contributed by atoms with van der Waals surface area (Å²) in [6.45, 7) is 3.70. The molecule has 2 amide bonds. The molecule has 0 aliphatic heterocycles. The molecule has 0 heterocycles. The lowest BCUT2D eigenvalue weighted by Gasteiger charge is -2.28. The number of rotatable bonds is 7. The SMILES string of the molecule is CNC(=O)[C@@H](C)N(Cc1ccccc1Cl)C(=O)COc1cccc(C)c1. The second-order valence-corrected chi connectivity index (χ2v) is 6.42. The van der Waals surface area contributed by atoms with E-state index >= 15 is 0 Å². The molecule has 26 heavy (non-hydrogen) atoms. The monoisotopic (exact) mass is 374 g/mol. The summed E-state index contributed by atoms with van der Waals surface area (Å²) in [7, 11) is 1.54. The average molecular weight is 375 g/mol. The summed E-state index contributed by atoms with van der Waals surface area (Å²) in [6, 6.07) is 14.1. The molecule has 6 heteroatoms. The highest BCUT2D eigenvalue weighted by molar-refractivity contribution is 6.31. The number of likely N-dealkylation sites (N-methyl/N-ethyl adjacent to an activating group) is 1. The van der Waals surface area contributed by atoms with E-state index in [1.807, 2.05) is 43.3 Å². The van der Waals surface area contributed by atoms with E-state index in [0.717, 1.165) is 11.1 Å². The van der Waals surface area contributed by atoms with E-state index in [9.17, 15) is 9.59 Å². The van der Waals surface area contributed by atoms with Crippen LogP contribution >= 0.6 is 11.6 Å². The number of carbonyl (C=O) groups is 2. The second kappa shape index (κ2) is 9.25. The molecule has 0 unspecified atom stereocenters. The maximum absolute atomic E-state index is 12.8. The van der Waals surface area contributed by atoms with E-state index in [0.29, 0.717) is 10.8 Å². The van der Waals surface area contributed by atoms with Crippen LogP contribution in [0.25, 0.3) is 0 Å². The van der Waals surface area contributed by atoms with Crippen LogP contribution in [0.15, 0.2) is 48.5 Å². The van der Waals surface area contributed by atoms with Crippen molar-refractivity contribution in [3.8, 4) is 5.75 Å². The van der Waals surface area contributed by atoms with Crippen molar-refractivity contribution < 1.29 is 14.3 Å². The maximum Gasteiger partial charge on any atom is 0.261 e. The number of carbonyl (C=O) groups excluding carboxylic acids is 2. The van der Waals surface area contributed by atoms with Crippen molar-refractivity contribution in [3.63, 3.8) is 0 Å². The lowest BCUT2D eigenvalue weighted by molar-refractivity contribution is -0.142. The summed E-state index contributed by atoms with van der Waals surface area (Å²) in [5, 5.41) is 3.13. The molecule has 0 aliphatic rings. The van der Waals surface area contributed by atoms with Crippen molar-refractivity contribution in [1.29, 1.82) is 0 Å². The first-order valence-electron chi connectivity index (χ1n) is 8.36. The highest BCUT2D eigenvalue weighted by Crippen LogP contribution is 2.19. The number of hydrogen-bond donors (Lipinski definition) is 1. The summed E-state index contributed by atoms with van der Waals surface area (Å²) in [6.07, 6.45) is 0. The second-order valence-electron chi connectivity index (χ2n) is 6.01. The Bertz CT molecular complexity index is 779. The molecule has 0 fully saturated rings. The van der Waals surface area contributed by atoms with E-state index in [-0.39, 0.29) is 25.0 Å². The molecule has 0 saturated heterocycles. The molecule has 0 bridgehead atoms. The lowest BCUT2D eigenvalue weighted by atomic mass is 10.1. The molecule has 5 nitrogen and oxygen atoms in total. The van der Waals surface area contributed by atoms with Crippen LogP contribution in [-0.4, -0.2) is 36.4 Å². The molecule has 2 aromatic rings. The molecule has 138 valence electrons. The van der Waals surface area contributed by atoms with Gasteiger partial charge in [0, 0.05) is 18.6 Å². The third-order valence-electron chi connectivity index (χ3n) is 4.06. The van der Waals surface area contributed by atoms with Crippen LogP contribution in [0.5, 0.6) is 5.75 Å². The fourth-order valence-corrected chi connectivity index (χ4v) is 2.73. The first-order valence-corrected chi connectivity index (χ1v) is 8.74. The molecule has 0 saturated carbocycles. The van der Waals surface area contributed by atoms with Gasteiger partial charge >= 0.3 is 0 Å². The molecule has 0 aromatic heterocycles. The highest BCUT2D eigenvalue weighted by atomic mass is 35.5. The van der Waals surface area contributed by atoms with Gasteiger partial charge in [0.1, 0.15) is 11.8 Å². The van der Waals surface area contributed by atoms with Gasteiger partial charge in [0.2, 0.25) is 5.91 Å².